The van der Waals surface area contributed by atoms with Crippen molar-refractivity contribution in [2.75, 3.05) is 31.1 Å². The number of thiazole rings is 1. The highest BCUT2D eigenvalue weighted by Crippen LogP contribution is 2.29. The lowest BCUT2D eigenvalue weighted by Gasteiger charge is -2.36. The Morgan fingerprint density at radius 2 is 1.55 bits per heavy atom. The van der Waals surface area contributed by atoms with Gasteiger partial charge in [-0.3, -0.25) is 9.20 Å². The summed E-state index contributed by atoms with van der Waals surface area (Å²) in [6.45, 7) is 4.54. The first kappa shape index (κ1) is 19.7. The molecule has 2 aromatic heterocycles. The van der Waals surface area contributed by atoms with Gasteiger partial charge in [0.05, 0.1) is 5.69 Å². The predicted molar refractivity (Wildman–Crippen MR) is 118 cm³/mol. The van der Waals surface area contributed by atoms with Gasteiger partial charge in [0.1, 0.15) is 16.5 Å². The number of aromatic nitrogens is 2. The molecule has 2 aromatic carbocycles. The maximum atomic E-state index is 13.2. The van der Waals surface area contributed by atoms with Gasteiger partial charge in [0.25, 0.3) is 5.91 Å². The number of amides is 1. The number of halogens is 2. The Hall–Kier alpha value is -3.26. The van der Waals surface area contributed by atoms with Gasteiger partial charge in [0.2, 0.25) is 0 Å². The molecule has 0 spiro atoms. The van der Waals surface area contributed by atoms with Crippen LogP contribution >= 0.6 is 11.3 Å². The van der Waals surface area contributed by atoms with Crippen molar-refractivity contribution in [3.8, 4) is 11.3 Å². The van der Waals surface area contributed by atoms with Crippen molar-refractivity contribution in [3.05, 3.63) is 76.9 Å². The van der Waals surface area contributed by atoms with E-state index in [1.54, 1.807) is 24.3 Å². The number of nitrogens with zero attached hydrogens (tertiary/aromatic N) is 4. The minimum absolute atomic E-state index is 0.00934. The summed E-state index contributed by atoms with van der Waals surface area (Å²) in [5, 5.41) is 0. The lowest BCUT2D eigenvalue weighted by molar-refractivity contribution is 0.0750. The van der Waals surface area contributed by atoms with Gasteiger partial charge in [0, 0.05) is 49.3 Å². The van der Waals surface area contributed by atoms with E-state index in [1.165, 1.54) is 35.6 Å². The highest BCUT2D eigenvalue weighted by Gasteiger charge is 2.26. The number of carbonyl (C=O) groups excluding carboxylic acids is 1. The molecule has 3 heterocycles. The number of carbonyl (C=O) groups is 1. The molecular weight excluding hydrogens is 418 g/mol. The van der Waals surface area contributed by atoms with Gasteiger partial charge in [-0.15, -0.1) is 0 Å². The quantitative estimate of drug-likeness (QED) is 0.469. The molecule has 8 heteroatoms. The van der Waals surface area contributed by atoms with E-state index in [2.05, 4.69) is 9.88 Å². The molecule has 0 aliphatic carbocycles. The lowest BCUT2D eigenvalue weighted by Crippen LogP contribution is -2.48. The van der Waals surface area contributed by atoms with E-state index in [-0.39, 0.29) is 17.5 Å². The van der Waals surface area contributed by atoms with E-state index in [4.69, 9.17) is 0 Å². The molecule has 0 radical (unpaired) electrons. The van der Waals surface area contributed by atoms with Gasteiger partial charge in [-0.25, -0.2) is 13.8 Å². The molecule has 1 fully saturated rings. The van der Waals surface area contributed by atoms with Crippen LogP contribution in [-0.4, -0.2) is 46.4 Å². The van der Waals surface area contributed by atoms with E-state index >= 15 is 0 Å². The summed E-state index contributed by atoms with van der Waals surface area (Å²) in [4.78, 5) is 23.2. The molecule has 1 amide bonds. The van der Waals surface area contributed by atoms with Crippen molar-refractivity contribution < 1.29 is 13.6 Å². The van der Waals surface area contributed by atoms with Crippen LogP contribution in [0.3, 0.4) is 0 Å². The number of aryl methyl sites for hydroxylation is 1. The highest BCUT2D eigenvalue weighted by molar-refractivity contribution is 7.19. The molecule has 0 N–H and O–H groups in total. The van der Waals surface area contributed by atoms with Gasteiger partial charge in [-0.05, 0) is 55.5 Å². The second-order valence-corrected chi connectivity index (χ2v) is 8.54. The Kier molecular flexibility index (Phi) is 4.94. The van der Waals surface area contributed by atoms with Crippen LogP contribution in [0.2, 0.25) is 0 Å². The van der Waals surface area contributed by atoms with E-state index < -0.39 is 0 Å². The van der Waals surface area contributed by atoms with Crippen molar-refractivity contribution in [2.45, 2.75) is 6.92 Å². The molecule has 1 saturated heterocycles. The molecule has 158 valence electrons. The van der Waals surface area contributed by atoms with Crippen LogP contribution in [0, 0.1) is 18.6 Å². The molecule has 31 heavy (non-hydrogen) atoms. The van der Waals surface area contributed by atoms with Crippen LogP contribution in [0.25, 0.3) is 16.2 Å². The zero-order valence-corrected chi connectivity index (χ0v) is 17.7. The SMILES string of the molecule is Cc1c(C(=O)N2CCN(c3ccc(F)cc3)CC2)sc2nc(-c3ccc(F)cc3)cn12. The summed E-state index contributed by atoms with van der Waals surface area (Å²) in [6, 6.07) is 12.7. The first-order chi connectivity index (χ1) is 15.0. The number of piperazine rings is 1. The van der Waals surface area contributed by atoms with E-state index in [1.807, 2.05) is 22.4 Å². The summed E-state index contributed by atoms with van der Waals surface area (Å²) < 4.78 is 28.3. The zero-order chi connectivity index (χ0) is 21.5. The summed E-state index contributed by atoms with van der Waals surface area (Å²) in [5.74, 6) is -0.526. The molecule has 0 bridgehead atoms. The van der Waals surface area contributed by atoms with Gasteiger partial charge in [0.15, 0.2) is 4.96 Å². The summed E-state index contributed by atoms with van der Waals surface area (Å²) >= 11 is 1.37. The fourth-order valence-electron chi connectivity index (χ4n) is 3.87. The first-order valence-electron chi connectivity index (χ1n) is 10.0. The molecule has 1 aliphatic rings. The van der Waals surface area contributed by atoms with Gasteiger partial charge >= 0.3 is 0 Å². The predicted octanol–water partition coefficient (Wildman–Crippen LogP) is 4.61. The van der Waals surface area contributed by atoms with Gasteiger partial charge < -0.3 is 9.80 Å². The molecule has 0 saturated carbocycles. The summed E-state index contributed by atoms with van der Waals surface area (Å²) in [7, 11) is 0. The minimum atomic E-state index is -0.284. The van der Waals surface area contributed by atoms with Gasteiger partial charge in [-0.2, -0.15) is 0 Å². The number of fused-ring (bicyclic) bond motifs is 1. The van der Waals surface area contributed by atoms with Crippen LogP contribution in [0.4, 0.5) is 14.5 Å². The molecule has 5 nitrogen and oxygen atoms in total. The maximum Gasteiger partial charge on any atom is 0.265 e. The second kappa shape index (κ2) is 7.77. The van der Waals surface area contributed by atoms with E-state index in [0.717, 1.165) is 27.6 Å². The number of anilines is 1. The Bertz CT molecular complexity index is 1240. The Labute approximate surface area is 182 Å². The van der Waals surface area contributed by atoms with Crippen LogP contribution in [0.1, 0.15) is 15.4 Å². The molecule has 5 rings (SSSR count). The summed E-state index contributed by atoms with van der Waals surface area (Å²) in [6.07, 6.45) is 1.89. The molecule has 0 atom stereocenters. The second-order valence-electron chi connectivity index (χ2n) is 7.56. The lowest BCUT2D eigenvalue weighted by atomic mass is 10.2. The standard InChI is InChI=1S/C23H20F2N4OS/c1-15-21(31-23-26-20(14-29(15)23)16-2-4-17(24)5-3-16)22(30)28-12-10-27(11-13-28)19-8-6-18(25)7-9-19/h2-9,14H,10-13H2,1H3. The smallest absolute Gasteiger partial charge is 0.265 e. The van der Waals surface area contributed by atoms with Crippen LogP contribution in [0.15, 0.2) is 54.7 Å². The normalized spacial score (nSPS) is 14.4. The van der Waals surface area contributed by atoms with E-state index in [0.29, 0.717) is 31.1 Å². The number of benzene rings is 2. The van der Waals surface area contributed by atoms with Crippen molar-refractivity contribution in [1.82, 2.24) is 14.3 Å². The third-order valence-electron chi connectivity index (χ3n) is 5.65. The fourth-order valence-corrected chi connectivity index (χ4v) is 4.95. The fraction of sp³-hybridized carbons (Fsp3) is 0.217. The van der Waals surface area contributed by atoms with Crippen molar-refractivity contribution >= 4 is 27.9 Å². The minimum Gasteiger partial charge on any atom is -0.368 e. The number of hydrogen-bond acceptors (Lipinski definition) is 4. The zero-order valence-electron chi connectivity index (χ0n) is 16.9. The van der Waals surface area contributed by atoms with Gasteiger partial charge in [-0.1, -0.05) is 11.3 Å². The monoisotopic (exact) mass is 438 g/mol. The highest BCUT2D eigenvalue weighted by atomic mass is 32.1. The third kappa shape index (κ3) is 3.67. The van der Waals surface area contributed by atoms with Crippen LogP contribution in [0.5, 0.6) is 0 Å². The largest absolute Gasteiger partial charge is 0.368 e. The average molecular weight is 439 g/mol. The Morgan fingerprint density at radius 1 is 0.935 bits per heavy atom. The van der Waals surface area contributed by atoms with Crippen molar-refractivity contribution in [1.29, 1.82) is 0 Å². The average Bonchev–Trinajstić information content (AvgIpc) is 3.34. The Morgan fingerprint density at radius 3 is 2.16 bits per heavy atom. The molecule has 0 unspecified atom stereocenters. The van der Waals surface area contributed by atoms with Crippen molar-refractivity contribution in [3.63, 3.8) is 0 Å². The van der Waals surface area contributed by atoms with E-state index in [9.17, 15) is 13.6 Å². The number of hydrogen-bond donors (Lipinski definition) is 0. The number of imidazole rings is 1. The van der Waals surface area contributed by atoms with Crippen LogP contribution < -0.4 is 4.90 Å². The third-order valence-corrected chi connectivity index (χ3v) is 6.79. The number of rotatable bonds is 3. The molecule has 1 aliphatic heterocycles. The topological polar surface area (TPSA) is 40.9 Å². The van der Waals surface area contributed by atoms with Crippen LogP contribution in [-0.2, 0) is 0 Å². The molecule has 4 aromatic rings. The summed E-state index contributed by atoms with van der Waals surface area (Å²) in [5.41, 5.74) is 3.40. The first-order valence-corrected chi connectivity index (χ1v) is 10.9. The maximum absolute atomic E-state index is 13.2. The molecular formula is C23H20F2N4OS. The Balaban J connectivity index is 1.32. The van der Waals surface area contributed by atoms with Crippen molar-refractivity contribution in [2.24, 2.45) is 0 Å².